The Morgan fingerprint density at radius 2 is 1.52 bits per heavy atom. The second-order valence-corrected chi connectivity index (χ2v) is 8.04. The van der Waals surface area contributed by atoms with Crippen LogP contribution in [0.15, 0.2) is 71.7 Å². The minimum absolute atomic E-state index is 0.110. The molecule has 0 unspecified atom stereocenters. The van der Waals surface area contributed by atoms with Crippen LogP contribution in [0.1, 0.15) is 28.8 Å². The molecule has 8 heteroatoms. The van der Waals surface area contributed by atoms with Crippen LogP contribution in [0, 0.1) is 5.82 Å². The summed E-state index contributed by atoms with van der Waals surface area (Å²) in [6.45, 7) is 2.91. The molecule has 1 fully saturated rings. The molecular formula is C25H25FN4O3. The van der Waals surface area contributed by atoms with Crippen molar-refractivity contribution >= 4 is 23.2 Å². The number of nitrogens with one attached hydrogen (secondary N) is 2. The van der Waals surface area contributed by atoms with Gasteiger partial charge in [0.25, 0.3) is 11.5 Å². The quantitative estimate of drug-likeness (QED) is 0.580. The van der Waals surface area contributed by atoms with E-state index in [4.69, 9.17) is 0 Å². The third kappa shape index (κ3) is 5.93. The molecule has 2 amide bonds. The van der Waals surface area contributed by atoms with Crippen LogP contribution in [0.4, 0.5) is 15.8 Å². The van der Waals surface area contributed by atoms with Gasteiger partial charge < -0.3 is 15.2 Å². The van der Waals surface area contributed by atoms with Crippen molar-refractivity contribution in [2.45, 2.75) is 25.9 Å². The van der Waals surface area contributed by atoms with Crippen molar-refractivity contribution in [1.82, 2.24) is 9.47 Å². The molecule has 4 rings (SSSR count). The Kier molecular flexibility index (Phi) is 6.95. The minimum atomic E-state index is -0.630. The molecule has 170 valence electrons. The Hall–Kier alpha value is -3.78. The second kappa shape index (κ2) is 10.2. The molecule has 0 spiro atoms. The molecule has 0 aliphatic carbocycles. The van der Waals surface area contributed by atoms with Gasteiger partial charge in [-0.2, -0.15) is 0 Å². The zero-order valence-electron chi connectivity index (χ0n) is 18.1. The lowest BCUT2D eigenvalue weighted by Crippen LogP contribution is -2.32. The molecule has 2 aromatic carbocycles. The van der Waals surface area contributed by atoms with E-state index >= 15 is 0 Å². The number of aromatic nitrogens is 1. The number of anilines is 2. The fraction of sp³-hybridized carbons (Fsp3) is 0.240. The van der Waals surface area contributed by atoms with Crippen LogP contribution in [0.5, 0.6) is 0 Å². The van der Waals surface area contributed by atoms with Gasteiger partial charge in [-0.1, -0.05) is 12.1 Å². The second-order valence-electron chi connectivity index (χ2n) is 8.04. The number of benzene rings is 2. The van der Waals surface area contributed by atoms with Crippen LogP contribution in [-0.4, -0.2) is 34.4 Å². The van der Waals surface area contributed by atoms with E-state index in [1.165, 1.54) is 65.6 Å². The Morgan fingerprint density at radius 3 is 2.21 bits per heavy atom. The molecule has 0 saturated carbocycles. The number of rotatable bonds is 7. The summed E-state index contributed by atoms with van der Waals surface area (Å²) in [5.41, 5.74) is 1.49. The average Bonchev–Trinajstić information content (AvgIpc) is 3.31. The highest BCUT2D eigenvalue weighted by Crippen LogP contribution is 2.15. The molecule has 1 aliphatic rings. The van der Waals surface area contributed by atoms with Crippen LogP contribution in [0.2, 0.25) is 0 Å². The fourth-order valence-electron chi connectivity index (χ4n) is 3.81. The van der Waals surface area contributed by atoms with E-state index in [0.29, 0.717) is 11.4 Å². The van der Waals surface area contributed by atoms with Gasteiger partial charge >= 0.3 is 0 Å². The number of hydrogen-bond donors (Lipinski definition) is 2. The molecule has 0 radical (unpaired) electrons. The van der Waals surface area contributed by atoms with E-state index in [-0.39, 0.29) is 18.0 Å². The van der Waals surface area contributed by atoms with Crippen molar-refractivity contribution in [2.24, 2.45) is 0 Å². The van der Waals surface area contributed by atoms with Crippen LogP contribution >= 0.6 is 0 Å². The number of likely N-dealkylation sites (tertiary alicyclic amines) is 1. The number of hydrogen-bond acceptors (Lipinski definition) is 4. The lowest BCUT2D eigenvalue weighted by atomic mass is 10.2. The first-order valence-corrected chi connectivity index (χ1v) is 10.9. The van der Waals surface area contributed by atoms with Crippen LogP contribution in [0.3, 0.4) is 0 Å². The summed E-state index contributed by atoms with van der Waals surface area (Å²) in [5, 5.41) is 5.34. The molecule has 0 bridgehead atoms. The molecule has 0 atom stereocenters. The number of amides is 2. The maximum absolute atomic E-state index is 13.0. The Morgan fingerprint density at radius 1 is 0.879 bits per heavy atom. The number of carbonyl (C=O) groups is 2. The normalized spacial score (nSPS) is 13.6. The molecule has 1 saturated heterocycles. The van der Waals surface area contributed by atoms with Crippen LogP contribution in [0.25, 0.3) is 0 Å². The molecule has 3 aromatic rings. The van der Waals surface area contributed by atoms with Gasteiger partial charge in [0.1, 0.15) is 17.9 Å². The predicted molar refractivity (Wildman–Crippen MR) is 125 cm³/mol. The van der Waals surface area contributed by atoms with Gasteiger partial charge in [-0.15, -0.1) is 0 Å². The Bertz CT molecular complexity index is 1180. The van der Waals surface area contributed by atoms with Crippen LogP contribution < -0.4 is 16.2 Å². The highest BCUT2D eigenvalue weighted by Gasteiger charge is 2.15. The zero-order valence-corrected chi connectivity index (χ0v) is 18.1. The van der Waals surface area contributed by atoms with E-state index in [2.05, 4.69) is 15.5 Å². The first-order valence-electron chi connectivity index (χ1n) is 10.9. The van der Waals surface area contributed by atoms with E-state index in [9.17, 15) is 18.8 Å². The van der Waals surface area contributed by atoms with E-state index in [0.717, 1.165) is 19.6 Å². The number of halogens is 1. The molecule has 1 aromatic heterocycles. The SMILES string of the molecule is O=C(Cn1cccc(C(=O)Nc2ccc(F)cc2)c1=O)Nc1ccc(CN2CCCC2)cc1. The average molecular weight is 448 g/mol. The first-order chi connectivity index (χ1) is 16.0. The maximum atomic E-state index is 13.0. The largest absolute Gasteiger partial charge is 0.325 e. The molecule has 7 nitrogen and oxygen atoms in total. The molecule has 33 heavy (non-hydrogen) atoms. The summed E-state index contributed by atoms with van der Waals surface area (Å²) in [6.07, 6.45) is 3.93. The summed E-state index contributed by atoms with van der Waals surface area (Å²) in [4.78, 5) is 40.1. The van der Waals surface area contributed by atoms with E-state index < -0.39 is 17.3 Å². The third-order valence-electron chi connectivity index (χ3n) is 5.52. The third-order valence-corrected chi connectivity index (χ3v) is 5.52. The highest BCUT2D eigenvalue weighted by atomic mass is 19.1. The highest BCUT2D eigenvalue weighted by molar-refractivity contribution is 6.04. The molecule has 1 aliphatic heterocycles. The Labute approximate surface area is 190 Å². The summed E-state index contributed by atoms with van der Waals surface area (Å²) in [7, 11) is 0. The smallest absolute Gasteiger partial charge is 0.263 e. The topological polar surface area (TPSA) is 83.4 Å². The van der Waals surface area contributed by atoms with Gasteiger partial charge in [0.05, 0.1) is 0 Å². The van der Waals surface area contributed by atoms with Gasteiger partial charge in [-0.3, -0.25) is 19.3 Å². The van der Waals surface area contributed by atoms with Crippen molar-refractivity contribution in [3.05, 3.63) is 94.2 Å². The predicted octanol–water partition coefficient (Wildman–Crippen LogP) is 3.47. The van der Waals surface area contributed by atoms with Gasteiger partial charge in [0.2, 0.25) is 5.91 Å². The van der Waals surface area contributed by atoms with Crippen molar-refractivity contribution in [1.29, 1.82) is 0 Å². The summed E-state index contributed by atoms with van der Waals surface area (Å²) in [6, 6.07) is 15.8. The maximum Gasteiger partial charge on any atom is 0.263 e. The van der Waals surface area contributed by atoms with E-state index in [1.807, 2.05) is 24.3 Å². The van der Waals surface area contributed by atoms with E-state index in [1.54, 1.807) is 0 Å². The monoisotopic (exact) mass is 448 g/mol. The number of pyridine rings is 1. The standard InChI is InChI=1S/C25H25FN4O3/c26-19-7-11-21(12-8-19)28-24(32)22-4-3-15-30(25(22)33)17-23(31)27-20-9-5-18(6-10-20)16-29-13-1-2-14-29/h3-12,15H,1-2,13-14,16-17H2,(H,27,31)(H,28,32). The summed E-state index contributed by atoms with van der Waals surface area (Å²) in [5.74, 6) is -1.43. The number of carbonyl (C=O) groups excluding carboxylic acids is 2. The van der Waals surface area contributed by atoms with Gasteiger partial charge in [0, 0.05) is 24.1 Å². The van der Waals surface area contributed by atoms with Crippen molar-refractivity contribution in [3.8, 4) is 0 Å². The van der Waals surface area contributed by atoms with Crippen molar-refractivity contribution in [2.75, 3.05) is 23.7 Å². The van der Waals surface area contributed by atoms with Gasteiger partial charge in [-0.05, 0) is 80.0 Å². The summed E-state index contributed by atoms with van der Waals surface area (Å²) < 4.78 is 14.2. The van der Waals surface area contributed by atoms with Crippen molar-refractivity contribution in [3.63, 3.8) is 0 Å². The van der Waals surface area contributed by atoms with Gasteiger partial charge in [0.15, 0.2) is 0 Å². The molecule has 2 N–H and O–H groups in total. The fourth-order valence-corrected chi connectivity index (χ4v) is 3.81. The lowest BCUT2D eigenvalue weighted by molar-refractivity contribution is -0.116. The minimum Gasteiger partial charge on any atom is -0.325 e. The van der Waals surface area contributed by atoms with Crippen LogP contribution in [-0.2, 0) is 17.9 Å². The lowest BCUT2D eigenvalue weighted by Gasteiger charge is -2.15. The number of nitrogens with zero attached hydrogens (tertiary/aromatic N) is 2. The molecular weight excluding hydrogens is 423 g/mol. The van der Waals surface area contributed by atoms with Gasteiger partial charge in [-0.25, -0.2) is 4.39 Å². The zero-order chi connectivity index (χ0) is 23.2. The summed E-state index contributed by atoms with van der Waals surface area (Å²) >= 11 is 0. The molecule has 2 heterocycles. The first kappa shape index (κ1) is 22.4. The van der Waals surface area contributed by atoms with Crippen molar-refractivity contribution < 1.29 is 14.0 Å². The Balaban J connectivity index is 1.37.